The number of urea groups is 1. The minimum Gasteiger partial charge on any atom is -0.497 e. The number of aryl methyl sites for hydroxylation is 1. The molecule has 0 aromatic heterocycles. The highest BCUT2D eigenvalue weighted by Gasteiger charge is 2.38. The number of nitrogens with one attached hydrogen (secondary N) is 2. The molecule has 7 heteroatoms. The molecule has 7 nitrogen and oxygen atoms in total. The van der Waals surface area contributed by atoms with E-state index in [9.17, 15) is 14.4 Å². The van der Waals surface area contributed by atoms with Gasteiger partial charge in [0.1, 0.15) is 18.3 Å². The predicted molar refractivity (Wildman–Crippen MR) is 109 cm³/mol. The summed E-state index contributed by atoms with van der Waals surface area (Å²) in [7, 11) is 1.61. The molecular weight excluding hydrogens is 370 g/mol. The van der Waals surface area contributed by atoms with Gasteiger partial charge < -0.3 is 15.4 Å². The SMILES string of the molecule is COc1ccc(CCNC(=O)CN2C(=O)NC(CCc3ccccc3)C2=O)cc1. The molecule has 0 spiro atoms. The molecular formula is C22H25N3O4. The Morgan fingerprint density at radius 1 is 1.03 bits per heavy atom. The summed E-state index contributed by atoms with van der Waals surface area (Å²) in [6.07, 6.45) is 1.83. The monoisotopic (exact) mass is 395 g/mol. The van der Waals surface area contributed by atoms with Crippen LogP contribution in [0.25, 0.3) is 0 Å². The molecule has 1 heterocycles. The Morgan fingerprint density at radius 3 is 2.41 bits per heavy atom. The maximum Gasteiger partial charge on any atom is 0.325 e. The second-order valence-electron chi connectivity index (χ2n) is 6.90. The summed E-state index contributed by atoms with van der Waals surface area (Å²) in [5.74, 6) is 0.0696. The molecule has 0 saturated carbocycles. The Kier molecular flexibility index (Phi) is 6.84. The molecule has 1 aliphatic heterocycles. The summed E-state index contributed by atoms with van der Waals surface area (Å²) < 4.78 is 5.11. The molecule has 1 unspecified atom stereocenters. The van der Waals surface area contributed by atoms with Crippen molar-refractivity contribution < 1.29 is 19.1 Å². The van der Waals surface area contributed by atoms with Crippen LogP contribution in [0.5, 0.6) is 5.75 Å². The first-order valence-electron chi connectivity index (χ1n) is 9.62. The summed E-state index contributed by atoms with van der Waals surface area (Å²) in [5.41, 5.74) is 2.16. The van der Waals surface area contributed by atoms with Crippen molar-refractivity contribution in [1.29, 1.82) is 0 Å². The highest BCUT2D eigenvalue weighted by Crippen LogP contribution is 2.13. The summed E-state index contributed by atoms with van der Waals surface area (Å²) in [4.78, 5) is 37.7. The normalized spacial score (nSPS) is 15.9. The fourth-order valence-corrected chi connectivity index (χ4v) is 3.22. The van der Waals surface area contributed by atoms with E-state index >= 15 is 0 Å². The van der Waals surface area contributed by atoms with Gasteiger partial charge in [0, 0.05) is 6.54 Å². The van der Waals surface area contributed by atoms with Crippen molar-refractivity contribution in [2.75, 3.05) is 20.2 Å². The number of benzene rings is 2. The van der Waals surface area contributed by atoms with Gasteiger partial charge in [-0.3, -0.25) is 14.5 Å². The molecule has 2 aromatic carbocycles. The third kappa shape index (κ3) is 5.57. The van der Waals surface area contributed by atoms with Crippen LogP contribution in [-0.4, -0.2) is 49.0 Å². The Bertz CT molecular complexity index is 852. The van der Waals surface area contributed by atoms with Gasteiger partial charge in [-0.15, -0.1) is 0 Å². The van der Waals surface area contributed by atoms with Crippen LogP contribution < -0.4 is 15.4 Å². The summed E-state index contributed by atoms with van der Waals surface area (Å²) in [5, 5.41) is 5.42. The van der Waals surface area contributed by atoms with Crippen LogP contribution >= 0.6 is 0 Å². The van der Waals surface area contributed by atoms with Crippen LogP contribution in [0.2, 0.25) is 0 Å². The number of hydrogen-bond donors (Lipinski definition) is 2. The van der Waals surface area contributed by atoms with E-state index in [4.69, 9.17) is 4.74 Å². The van der Waals surface area contributed by atoms with E-state index in [0.29, 0.717) is 25.8 Å². The van der Waals surface area contributed by atoms with Gasteiger partial charge >= 0.3 is 6.03 Å². The lowest BCUT2D eigenvalue weighted by atomic mass is 10.1. The molecule has 0 bridgehead atoms. The van der Waals surface area contributed by atoms with Crippen molar-refractivity contribution >= 4 is 17.8 Å². The van der Waals surface area contributed by atoms with Gasteiger partial charge in [-0.2, -0.15) is 0 Å². The van der Waals surface area contributed by atoms with Gasteiger partial charge in [-0.1, -0.05) is 42.5 Å². The molecule has 152 valence electrons. The van der Waals surface area contributed by atoms with Crippen molar-refractivity contribution in [1.82, 2.24) is 15.5 Å². The van der Waals surface area contributed by atoms with E-state index in [1.54, 1.807) is 7.11 Å². The van der Waals surface area contributed by atoms with E-state index in [0.717, 1.165) is 21.8 Å². The summed E-state index contributed by atoms with van der Waals surface area (Å²) in [6, 6.07) is 16.2. The summed E-state index contributed by atoms with van der Waals surface area (Å²) in [6.45, 7) is 0.154. The second kappa shape index (κ2) is 9.73. The van der Waals surface area contributed by atoms with Crippen molar-refractivity contribution in [2.45, 2.75) is 25.3 Å². The standard InChI is InChI=1S/C22H25N3O4/c1-29-18-10-7-17(8-11-18)13-14-23-20(26)15-25-21(27)19(24-22(25)28)12-9-16-5-3-2-4-6-16/h2-8,10-11,19H,9,12-15H2,1H3,(H,23,26)(H,24,28). The number of methoxy groups -OCH3 is 1. The largest absolute Gasteiger partial charge is 0.497 e. The topological polar surface area (TPSA) is 87.7 Å². The average Bonchev–Trinajstić information content (AvgIpc) is 3.01. The first-order valence-corrected chi connectivity index (χ1v) is 9.62. The summed E-state index contributed by atoms with van der Waals surface area (Å²) >= 11 is 0. The quantitative estimate of drug-likeness (QED) is 0.635. The highest BCUT2D eigenvalue weighted by molar-refractivity contribution is 6.06. The molecule has 1 aliphatic rings. The molecule has 2 aromatic rings. The van der Waals surface area contributed by atoms with Crippen molar-refractivity contribution in [2.24, 2.45) is 0 Å². The van der Waals surface area contributed by atoms with E-state index in [1.807, 2.05) is 54.6 Å². The van der Waals surface area contributed by atoms with Gasteiger partial charge in [0.2, 0.25) is 5.91 Å². The van der Waals surface area contributed by atoms with E-state index in [-0.39, 0.29) is 18.4 Å². The van der Waals surface area contributed by atoms with Gasteiger partial charge in [0.25, 0.3) is 5.91 Å². The van der Waals surface area contributed by atoms with Crippen molar-refractivity contribution in [3.8, 4) is 5.75 Å². The van der Waals surface area contributed by atoms with Gasteiger partial charge in [0.05, 0.1) is 7.11 Å². The average molecular weight is 395 g/mol. The number of amides is 4. The van der Waals surface area contributed by atoms with Gasteiger partial charge in [-0.25, -0.2) is 4.79 Å². The number of hydrogen-bond acceptors (Lipinski definition) is 4. The minimum atomic E-state index is -0.588. The lowest BCUT2D eigenvalue weighted by Gasteiger charge is -2.13. The van der Waals surface area contributed by atoms with Crippen LogP contribution in [0.4, 0.5) is 4.79 Å². The van der Waals surface area contributed by atoms with Crippen LogP contribution in [0.15, 0.2) is 54.6 Å². The van der Waals surface area contributed by atoms with Crippen LogP contribution in [0.3, 0.4) is 0 Å². The molecule has 1 saturated heterocycles. The van der Waals surface area contributed by atoms with Crippen LogP contribution in [-0.2, 0) is 22.4 Å². The molecule has 0 aliphatic carbocycles. The number of ether oxygens (including phenoxy) is 1. The molecule has 1 fully saturated rings. The molecule has 2 N–H and O–H groups in total. The predicted octanol–water partition coefficient (Wildman–Crippen LogP) is 1.91. The van der Waals surface area contributed by atoms with Crippen molar-refractivity contribution in [3.05, 3.63) is 65.7 Å². The first-order chi connectivity index (χ1) is 14.1. The zero-order chi connectivity index (χ0) is 20.6. The highest BCUT2D eigenvalue weighted by atomic mass is 16.5. The Balaban J connectivity index is 1.43. The lowest BCUT2D eigenvalue weighted by molar-refractivity contribution is -0.132. The van der Waals surface area contributed by atoms with Crippen LogP contribution in [0.1, 0.15) is 17.5 Å². The molecule has 4 amide bonds. The first kappa shape index (κ1) is 20.4. The fraction of sp³-hybridized carbons (Fsp3) is 0.318. The third-order valence-corrected chi connectivity index (χ3v) is 4.87. The maximum absolute atomic E-state index is 12.5. The minimum absolute atomic E-state index is 0.269. The van der Waals surface area contributed by atoms with E-state index in [2.05, 4.69) is 10.6 Å². The van der Waals surface area contributed by atoms with E-state index in [1.165, 1.54) is 0 Å². The Hall–Kier alpha value is -3.35. The maximum atomic E-state index is 12.5. The number of carbonyl (C=O) groups excluding carboxylic acids is 3. The molecule has 29 heavy (non-hydrogen) atoms. The zero-order valence-electron chi connectivity index (χ0n) is 16.4. The molecule has 0 radical (unpaired) electrons. The lowest BCUT2D eigenvalue weighted by Crippen LogP contribution is -2.41. The van der Waals surface area contributed by atoms with Gasteiger partial charge in [0.15, 0.2) is 0 Å². The molecule has 1 atom stereocenters. The van der Waals surface area contributed by atoms with Crippen molar-refractivity contribution in [3.63, 3.8) is 0 Å². The number of rotatable bonds is 9. The number of carbonyl (C=O) groups is 3. The van der Waals surface area contributed by atoms with Gasteiger partial charge in [-0.05, 0) is 42.5 Å². The zero-order valence-corrected chi connectivity index (χ0v) is 16.4. The fourth-order valence-electron chi connectivity index (χ4n) is 3.22. The van der Waals surface area contributed by atoms with Crippen LogP contribution in [0, 0.1) is 0 Å². The Morgan fingerprint density at radius 2 is 1.72 bits per heavy atom. The van der Waals surface area contributed by atoms with E-state index < -0.39 is 12.1 Å². The smallest absolute Gasteiger partial charge is 0.325 e. The Labute approximate surface area is 170 Å². The number of nitrogens with zero attached hydrogens (tertiary/aromatic N) is 1. The number of imide groups is 1. The molecule has 3 rings (SSSR count). The third-order valence-electron chi connectivity index (χ3n) is 4.87. The second-order valence-corrected chi connectivity index (χ2v) is 6.90.